The molecule has 0 aliphatic carbocycles. The number of nitrogens with two attached hydrogens (primary N) is 1. The molecule has 0 spiro atoms. The number of nitrogens with zero attached hydrogens (tertiary/aromatic N) is 2. The minimum absolute atomic E-state index is 0.153. The van der Waals surface area contributed by atoms with Crippen LogP contribution < -0.4 is 16.4 Å². The molecule has 0 unspecified atom stereocenters. The molecule has 5 nitrogen and oxygen atoms in total. The van der Waals surface area contributed by atoms with E-state index in [1.165, 1.54) is 18.2 Å². The van der Waals surface area contributed by atoms with E-state index in [1.807, 2.05) is 20.8 Å². The molecule has 2 heterocycles. The lowest BCUT2D eigenvalue weighted by Gasteiger charge is -2.15. The van der Waals surface area contributed by atoms with Crippen LogP contribution in [-0.4, -0.2) is 22.7 Å². The SMILES string of the molecule is CC.CCNCc1cc(Nc2ccc(C(F)(F)F)cc2)c2ccc(C/C(=C\C=C/N)C(F)(F)F)nc2n1. The summed E-state index contributed by atoms with van der Waals surface area (Å²) in [6, 6.07) is 9.28. The van der Waals surface area contributed by atoms with Crippen LogP contribution in [0.5, 0.6) is 0 Å². The fraction of sp³-hybridized carbons (Fsp3) is 0.308. The summed E-state index contributed by atoms with van der Waals surface area (Å²) in [7, 11) is 0. The van der Waals surface area contributed by atoms with E-state index >= 15 is 0 Å². The minimum Gasteiger partial charge on any atom is -0.405 e. The zero-order valence-electron chi connectivity index (χ0n) is 20.6. The summed E-state index contributed by atoms with van der Waals surface area (Å²) >= 11 is 0. The average molecular weight is 526 g/mol. The van der Waals surface area contributed by atoms with Gasteiger partial charge in [-0.3, -0.25) is 0 Å². The molecule has 0 amide bonds. The van der Waals surface area contributed by atoms with Gasteiger partial charge in [0, 0.05) is 35.3 Å². The number of pyridine rings is 2. The van der Waals surface area contributed by atoms with E-state index in [-0.39, 0.29) is 11.3 Å². The number of aromatic nitrogens is 2. The molecule has 0 aliphatic rings. The van der Waals surface area contributed by atoms with Crippen LogP contribution in [-0.2, 0) is 19.1 Å². The Hall–Kier alpha value is -3.60. The van der Waals surface area contributed by atoms with Gasteiger partial charge in [-0.25, -0.2) is 9.97 Å². The molecule has 0 atom stereocenters. The van der Waals surface area contributed by atoms with Crippen molar-refractivity contribution < 1.29 is 26.3 Å². The van der Waals surface area contributed by atoms with Crippen molar-refractivity contribution in [1.82, 2.24) is 15.3 Å². The molecule has 200 valence electrons. The van der Waals surface area contributed by atoms with Crippen molar-refractivity contribution >= 4 is 22.4 Å². The first-order valence-corrected chi connectivity index (χ1v) is 11.6. The van der Waals surface area contributed by atoms with Gasteiger partial charge in [0.05, 0.1) is 16.9 Å². The van der Waals surface area contributed by atoms with Crippen LogP contribution in [0.2, 0.25) is 0 Å². The minimum atomic E-state index is -4.56. The Morgan fingerprint density at radius 3 is 2.16 bits per heavy atom. The molecule has 0 radical (unpaired) electrons. The fourth-order valence-corrected chi connectivity index (χ4v) is 3.26. The number of nitrogens with one attached hydrogen (secondary N) is 2. The first-order chi connectivity index (χ1) is 17.5. The van der Waals surface area contributed by atoms with E-state index < -0.39 is 29.9 Å². The van der Waals surface area contributed by atoms with Crippen molar-refractivity contribution in [2.45, 2.75) is 46.1 Å². The summed E-state index contributed by atoms with van der Waals surface area (Å²) in [4.78, 5) is 8.79. The third-order valence-corrected chi connectivity index (χ3v) is 4.97. The molecule has 3 aromatic rings. The van der Waals surface area contributed by atoms with Crippen LogP contribution in [0, 0.1) is 0 Å². The number of hydrogen-bond donors (Lipinski definition) is 3. The van der Waals surface area contributed by atoms with E-state index in [4.69, 9.17) is 5.73 Å². The Labute approximate surface area is 211 Å². The predicted octanol–water partition coefficient (Wildman–Crippen LogP) is 7.03. The van der Waals surface area contributed by atoms with Gasteiger partial charge in [-0.15, -0.1) is 0 Å². The maximum absolute atomic E-state index is 13.4. The van der Waals surface area contributed by atoms with Crippen molar-refractivity contribution in [3.63, 3.8) is 0 Å². The highest BCUT2D eigenvalue weighted by atomic mass is 19.4. The molecule has 1 aromatic carbocycles. The van der Waals surface area contributed by atoms with Crippen molar-refractivity contribution in [3.05, 3.63) is 83.3 Å². The van der Waals surface area contributed by atoms with Crippen molar-refractivity contribution in [2.24, 2.45) is 5.73 Å². The van der Waals surface area contributed by atoms with Crippen LogP contribution in [0.4, 0.5) is 37.7 Å². The third kappa shape index (κ3) is 8.49. The normalized spacial score (nSPS) is 12.5. The summed E-state index contributed by atoms with van der Waals surface area (Å²) in [5.41, 5.74) is 5.41. The first kappa shape index (κ1) is 29.6. The largest absolute Gasteiger partial charge is 0.416 e. The number of hydrogen-bond acceptors (Lipinski definition) is 5. The van der Waals surface area contributed by atoms with Gasteiger partial charge in [0.25, 0.3) is 0 Å². The van der Waals surface area contributed by atoms with E-state index in [2.05, 4.69) is 20.6 Å². The van der Waals surface area contributed by atoms with E-state index in [0.29, 0.717) is 35.5 Å². The smallest absolute Gasteiger partial charge is 0.405 e. The highest BCUT2D eigenvalue weighted by Crippen LogP contribution is 2.32. The fourth-order valence-electron chi connectivity index (χ4n) is 3.26. The Kier molecular flexibility index (Phi) is 10.5. The molecule has 0 saturated heterocycles. The second-order valence-corrected chi connectivity index (χ2v) is 7.57. The molecule has 0 aliphatic heterocycles. The molecular formula is C26H29F6N5. The van der Waals surface area contributed by atoms with Crippen LogP contribution in [0.3, 0.4) is 0 Å². The monoisotopic (exact) mass is 525 g/mol. The van der Waals surface area contributed by atoms with Gasteiger partial charge in [-0.2, -0.15) is 26.3 Å². The highest BCUT2D eigenvalue weighted by molar-refractivity contribution is 5.91. The summed E-state index contributed by atoms with van der Waals surface area (Å²) in [5, 5.41) is 6.69. The molecule has 4 N–H and O–H groups in total. The predicted molar refractivity (Wildman–Crippen MR) is 134 cm³/mol. The van der Waals surface area contributed by atoms with E-state index in [1.54, 1.807) is 12.1 Å². The molecule has 0 bridgehead atoms. The van der Waals surface area contributed by atoms with Gasteiger partial charge < -0.3 is 16.4 Å². The number of anilines is 2. The summed E-state index contributed by atoms with van der Waals surface area (Å²) in [6.07, 6.45) is -6.50. The second-order valence-electron chi connectivity index (χ2n) is 7.57. The lowest BCUT2D eigenvalue weighted by atomic mass is 10.1. The van der Waals surface area contributed by atoms with Crippen molar-refractivity contribution in [2.75, 3.05) is 11.9 Å². The van der Waals surface area contributed by atoms with Gasteiger partial charge in [0.1, 0.15) is 0 Å². The van der Waals surface area contributed by atoms with Crippen LogP contribution >= 0.6 is 0 Å². The third-order valence-electron chi connectivity index (χ3n) is 4.97. The molecule has 3 rings (SSSR count). The number of rotatable bonds is 8. The quantitative estimate of drug-likeness (QED) is 0.217. The summed E-state index contributed by atoms with van der Waals surface area (Å²) in [6.45, 7) is 6.93. The average Bonchev–Trinajstić information content (AvgIpc) is 2.85. The van der Waals surface area contributed by atoms with E-state index in [9.17, 15) is 26.3 Å². The van der Waals surface area contributed by atoms with Gasteiger partial charge in [-0.05, 0) is 61.3 Å². The first-order valence-electron chi connectivity index (χ1n) is 11.6. The summed E-state index contributed by atoms with van der Waals surface area (Å²) < 4.78 is 78.7. The maximum Gasteiger partial charge on any atom is 0.416 e. The van der Waals surface area contributed by atoms with Crippen LogP contribution in [0.25, 0.3) is 11.0 Å². The number of alkyl halides is 6. The molecule has 0 fully saturated rings. The number of halogens is 6. The zero-order chi connectivity index (χ0) is 27.6. The Balaban J connectivity index is 0.00000235. The Morgan fingerprint density at radius 2 is 1.59 bits per heavy atom. The molecule has 0 saturated carbocycles. The molecule has 37 heavy (non-hydrogen) atoms. The lowest BCUT2D eigenvalue weighted by molar-refractivity contribution is -0.137. The molecule has 2 aromatic heterocycles. The maximum atomic E-state index is 13.4. The second kappa shape index (κ2) is 13.1. The highest BCUT2D eigenvalue weighted by Gasteiger charge is 2.33. The van der Waals surface area contributed by atoms with Crippen LogP contribution in [0.1, 0.15) is 37.7 Å². The van der Waals surface area contributed by atoms with Crippen molar-refractivity contribution in [1.29, 1.82) is 0 Å². The van der Waals surface area contributed by atoms with E-state index in [0.717, 1.165) is 30.5 Å². The van der Waals surface area contributed by atoms with Gasteiger partial charge >= 0.3 is 12.4 Å². The summed E-state index contributed by atoms with van der Waals surface area (Å²) in [5.74, 6) is 0. The van der Waals surface area contributed by atoms with Crippen molar-refractivity contribution in [3.8, 4) is 0 Å². The molecule has 11 heteroatoms. The van der Waals surface area contributed by atoms with Gasteiger partial charge in [-0.1, -0.05) is 26.8 Å². The lowest BCUT2D eigenvalue weighted by Crippen LogP contribution is -2.15. The van der Waals surface area contributed by atoms with Gasteiger partial charge in [0.2, 0.25) is 0 Å². The molecular weight excluding hydrogens is 496 g/mol. The van der Waals surface area contributed by atoms with Gasteiger partial charge in [0.15, 0.2) is 5.65 Å². The Bertz CT molecular complexity index is 1220. The topological polar surface area (TPSA) is 75.9 Å². The number of fused-ring (bicyclic) bond motifs is 1. The van der Waals surface area contributed by atoms with Crippen LogP contribution in [0.15, 0.2) is 66.4 Å². The number of allylic oxidation sites excluding steroid dienone is 3. The standard InChI is InChI=1S/C24H23F6N5.C2H6/c1-2-32-14-19-13-21(33-17-7-5-15(6-8-17)23(25,26)27)20-10-9-18(34-22(20)35-19)12-16(4-3-11-31)24(28,29)30;1-2/h3-11,13,32H,2,12,14,31H2,1H3,(H,33,34,35);1-2H3/b11-3-,16-4+;. The number of benzene rings is 1. The Morgan fingerprint density at radius 1 is 0.946 bits per heavy atom. The zero-order valence-corrected chi connectivity index (χ0v) is 20.6.